The second kappa shape index (κ2) is 16.3. The summed E-state index contributed by atoms with van der Waals surface area (Å²) >= 11 is 6.27. The van der Waals surface area contributed by atoms with Crippen molar-refractivity contribution < 1.29 is 23.9 Å². The summed E-state index contributed by atoms with van der Waals surface area (Å²) in [6, 6.07) is 14.0. The van der Waals surface area contributed by atoms with Crippen LogP contribution in [0.3, 0.4) is 0 Å². The summed E-state index contributed by atoms with van der Waals surface area (Å²) < 4.78 is 13.5. The van der Waals surface area contributed by atoms with Gasteiger partial charge in [0.15, 0.2) is 0 Å². The first-order valence-corrected chi connectivity index (χ1v) is 20.1. The van der Waals surface area contributed by atoms with Gasteiger partial charge in [-0.25, -0.2) is 4.98 Å². The summed E-state index contributed by atoms with van der Waals surface area (Å²) in [6.07, 6.45) is 4.15. The van der Waals surface area contributed by atoms with Crippen LogP contribution in [0.1, 0.15) is 81.8 Å². The zero-order valence-electron chi connectivity index (χ0n) is 33.2. The molecule has 2 aromatic heterocycles. The average Bonchev–Trinajstić information content (AvgIpc) is 3.20. The smallest absolute Gasteiger partial charge is 0.278 e. The highest BCUT2D eigenvalue weighted by Gasteiger charge is 2.68. The molecule has 2 N–H and O–H groups in total. The fourth-order valence-corrected chi connectivity index (χ4v) is 9.42. The van der Waals surface area contributed by atoms with Gasteiger partial charge in [-0.05, 0) is 74.7 Å². The minimum absolute atomic E-state index is 0.0624. The number of rotatable bonds is 13. The van der Waals surface area contributed by atoms with Crippen molar-refractivity contribution in [3.05, 3.63) is 81.2 Å². The number of piperidine rings is 1. The van der Waals surface area contributed by atoms with Crippen molar-refractivity contribution in [2.45, 2.75) is 78.0 Å². The molecule has 16 heteroatoms. The predicted molar refractivity (Wildman–Crippen MR) is 217 cm³/mol. The highest BCUT2D eigenvalue weighted by Crippen LogP contribution is 2.58. The number of hydrogen-bond acceptors (Lipinski definition) is 12. The van der Waals surface area contributed by atoms with E-state index in [-0.39, 0.29) is 29.2 Å². The number of nitrogens with two attached hydrogens (primary N) is 1. The van der Waals surface area contributed by atoms with E-state index in [1.54, 1.807) is 42.5 Å². The first kappa shape index (κ1) is 40.6. The number of ether oxygens (including phenoxy) is 2. The zero-order chi connectivity index (χ0) is 41.4. The van der Waals surface area contributed by atoms with E-state index in [4.69, 9.17) is 26.8 Å². The first-order valence-electron chi connectivity index (χ1n) is 19.7. The van der Waals surface area contributed by atoms with Crippen molar-refractivity contribution in [2.24, 2.45) is 16.6 Å². The standard InChI is InChI=1S/C42H48ClN9O6/c1-41(2)39(42(3,4)40(41)58-29-10-8-26(24-44)31(43)23-29)51-35(53)15-13-33(38(51)56)52-37(55)30-22-28(11-12-32(30)47-48-52)57-21-7-5-6-16-49-17-19-50(20-18-49)34-14-9-27(25-46-34)36(45)54/h8-12,14,22-23,25,33,39-40H,5-7,13,15-21H2,1-4H3,(H2,45,54). The molecular weight excluding hydrogens is 762 g/mol. The molecule has 15 nitrogen and oxygen atoms in total. The molecule has 1 atom stereocenters. The largest absolute Gasteiger partial charge is 0.494 e. The number of nitriles is 1. The molecule has 3 aliphatic rings. The number of likely N-dealkylation sites (tertiary alicyclic amines) is 1. The Balaban J connectivity index is 0.935. The van der Waals surface area contributed by atoms with Gasteiger partial charge in [0, 0.05) is 55.7 Å². The molecule has 304 valence electrons. The molecule has 0 bridgehead atoms. The summed E-state index contributed by atoms with van der Waals surface area (Å²) in [5, 5.41) is 18.3. The highest BCUT2D eigenvalue weighted by molar-refractivity contribution is 6.31. The fourth-order valence-electron chi connectivity index (χ4n) is 9.21. The number of carbonyl (C=O) groups excluding carboxylic acids is 3. The third-order valence-electron chi connectivity index (χ3n) is 11.8. The van der Waals surface area contributed by atoms with Gasteiger partial charge >= 0.3 is 0 Å². The molecule has 2 aromatic carbocycles. The molecule has 1 saturated carbocycles. The molecule has 4 heterocycles. The Bertz CT molecular complexity index is 2300. The summed E-state index contributed by atoms with van der Waals surface area (Å²) in [7, 11) is 0. The lowest BCUT2D eigenvalue weighted by atomic mass is 9.48. The number of nitrogens with zero attached hydrogens (tertiary/aromatic N) is 8. The lowest BCUT2D eigenvalue weighted by Crippen LogP contribution is -2.77. The van der Waals surface area contributed by atoms with Gasteiger partial charge in [-0.1, -0.05) is 44.5 Å². The predicted octanol–water partition coefficient (Wildman–Crippen LogP) is 4.75. The van der Waals surface area contributed by atoms with Crippen molar-refractivity contribution in [3.63, 3.8) is 0 Å². The van der Waals surface area contributed by atoms with E-state index in [1.165, 1.54) is 11.1 Å². The number of benzene rings is 2. The maximum Gasteiger partial charge on any atom is 0.278 e. The molecule has 4 aromatic rings. The quantitative estimate of drug-likeness (QED) is 0.144. The minimum Gasteiger partial charge on any atom is -0.494 e. The SMILES string of the molecule is CC1(C)C(Oc2ccc(C#N)c(Cl)c2)C(C)(C)C1N1C(=O)CCC(n2nnc3ccc(OCCCCCN4CCN(c5ccc(C(N)=O)cn5)CC4)cc3c2=O)C1=O. The van der Waals surface area contributed by atoms with Gasteiger partial charge in [0.1, 0.15) is 41.0 Å². The normalized spacial score (nSPS) is 21.7. The summed E-state index contributed by atoms with van der Waals surface area (Å²) in [6.45, 7) is 12.8. The maximum atomic E-state index is 14.3. The van der Waals surface area contributed by atoms with Gasteiger partial charge in [0.05, 0.1) is 34.2 Å². The van der Waals surface area contributed by atoms with Crippen LogP contribution in [0.2, 0.25) is 5.02 Å². The number of pyridine rings is 1. The Hall–Kier alpha value is -5.59. The van der Waals surface area contributed by atoms with Crippen LogP contribution in [-0.4, -0.2) is 99.0 Å². The second-order valence-corrected chi connectivity index (χ2v) is 16.9. The van der Waals surface area contributed by atoms with Crippen LogP contribution < -0.4 is 25.7 Å². The average molecular weight is 810 g/mol. The van der Waals surface area contributed by atoms with Crippen molar-refractivity contribution in [1.82, 2.24) is 29.8 Å². The van der Waals surface area contributed by atoms with Gasteiger partial charge in [-0.3, -0.25) is 29.0 Å². The second-order valence-electron chi connectivity index (χ2n) is 16.5. The minimum atomic E-state index is -1.01. The van der Waals surface area contributed by atoms with Crippen LogP contribution in [0.5, 0.6) is 11.5 Å². The van der Waals surface area contributed by atoms with Crippen molar-refractivity contribution in [1.29, 1.82) is 5.26 Å². The van der Waals surface area contributed by atoms with Crippen LogP contribution in [0.4, 0.5) is 5.82 Å². The molecule has 58 heavy (non-hydrogen) atoms. The van der Waals surface area contributed by atoms with Crippen LogP contribution in [-0.2, 0) is 9.59 Å². The van der Waals surface area contributed by atoms with Gasteiger partial charge in [0.2, 0.25) is 11.8 Å². The number of halogens is 1. The molecule has 2 aliphatic heterocycles. The van der Waals surface area contributed by atoms with Gasteiger partial charge in [0.25, 0.3) is 11.5 Å². The lowest BCUT2D eigenvalue weighted by molar-refractivity contribution is -0.216. The molecule has 2 saturated heterocycles. The van der Waals surface area contributed by atoms with Crippen molar-refractivity contribution >= 4 is 46.0 Å². The summed E-state index contributed by atoms with van der Waals surface area (Å²) in [5.74, 6) is 0.562. The van der Waals surface area contributed by atoms with E-state index in [2.05, 4.69) is 25.1 Å². The number of amides is 3. The monoisotopic (exact) mass is 809 g/mol. The Labute approximate surface area is 341 Å². The van der Waals surface area contributed by atoms with Crippen molar-refractivity contribution in [2.75, 3.05) is 44.2 Å². The number of piperazine rings is 1. The van der Waals surface area contributed by atoms with Gasteiger partial charge in [-0.15, -0.1) is 5.10 Å². The number of imide groups is 1. The number of hydrogen-bond donors (Lipinski definition) is 1. The third kappa shape index (κ3) is 7.82. The van der Waals surface area contributed by atoms with E-state index in [9.17, 15) is 24.4 Å². The van der Waals surface area contributed by atoms with Crippen LogP contribution in [0.15, 0.2) is 59.5 Å². The van der Waals surface area contributed by atoms with Gasteiger partial charge in [-0.2, -0.15) is 9.94 Å². The molecular formula is C42H48ClN9O6. The number of carbonyl (C=O) groups is 3. The van der Waals surface area contributed by atoms with Gasteiger partial charge < -0.3 is 20.1 Å². The molecule has 3 fully saturated rings. The Kier molecular flexibility index (Phi) is 11.4. The van der Waals surface area contributed by atoms with Crippen LogP contribution >= 0.6 is 11.6 Å². The molecule has 0 spiro atoms. The number of aromatic nitrogens is 4. The Morgan fingerprint density at radius 2 is 1.71 bits per heavy atom. The van der Waals surface area contributed by atoms with Crippen molar-refractivity contribution in [3.8, 4) is 17.6 Å². The molecule has 0 radical (unpaired) electrons. The number of unbranched alkanes of at least 4 members (excludes halogenated alkanes) is 2. The van der Waals surface area contributed by atoms with E-state index in [1.807, 2.05) is 39.8 Å². The van der Waals surface area contributed by atoms with Crippen LogP contribution in [0.25, 0.3) is 10.9 Å². The number of primary amides is 1. The first-order chi connectivity index (χ1) is 27.7. The summed E-state index contributed by atoms with van der Waals surface area (Å²) in [4.78, 5) is 63.4. The molecule has 3 amide bonds. The lowest BCUT2D eigenvalue weighted by Gasteiger charge is -2.65. The molecule has 1 aliphatic carbocycles. The van der Waals surface area contributed by atoms with E-state index in [0.29, 0.717) is 34.7 Å². The number of anilines is 1. The number of fused-ring (bicyclic) bond motifs is 1. The maximum absolute atomic E-state index is 14.3. The molecule has 7 rings (SSSR count). The van der Waals surface area contributed by atoms with E-state index < -0.39 is 46.4 Å². The van der Waals surface area contributed by atoms with E-state index >= 15 is 0 Å². The topological polar surface area (TPSA) is 190 Å². The highest BCUT2D eigenvalue weighted by atomic mass is 35.5. The Morgan fingerprint density at radius 1 is 0.966 bits per heavy atom. The van der Waals surface area contributed by atoms with Crippen LogP contribution in [0, 0.1) is 22.2 Å². The fraction of sp³-hybridized carbons (Fsp3) is 0.476. The van der Waals surface area contributed by atoms with E-state index in [0.717, 1.165) is 62.5 Å². The zero-order valence-corrected chi connectivity index (χ0v) is 33.9. The Morgan fingerprint density at radius 3 is 2.38 bits per heavy atom. The summed E-state index contributed by atoms with van der Waals surface area (Å²) in [5.41, 5.74) is 4.63. The molecule has 1 unspecified atom stereocenters. The third-order valence-corrected chi connectivity index (χ3v) is 12.1.